The van der Waals surface area contributed by atoms with Crippen LogP contribution >= 0.6 is 0 Å². The quantitative estimate of drug-likeness (QED) is 0.375. The van der Waals surface area contributed by atoms with Gasteiger partial charge >= 0.3 is 5.97 Å². The highest BCUT2D eigenvalue weighted by Gasteiger charge is 2.18. The van der Waals surface area contributed by atoms with E-state index in [0.717, 1.165) is 33.4 Å². The van der Waals surface area contributed by atoms with Gasteiger partial charge in [-0.05, 0) is 57.9 Å². The fraction of sp³-hybridized carbons (Fsp3) is 0.214. The Hall–Kier alpha value is -4.26. The number of carboxylic acids is 1. The van der Waals surface area contributed by atoms with Gasteiger partial charge in [-0.3, -0.25) is 0 Å². The number of hydrogen-bond donors (Lipinski definition) is 2. The summed E-state index contributed by atoms with van der Waals surface area (Å²) in [4.78, 5) is 25.3. The maximum absolute atomic E-state index is 11.1. The number of carbonyl (C=O) groups is 1. The lowest BCUT2D eigenvalue weighted by Crippen LogP contribution is -2.22. The minimum atomic E-state index is -1.10. The molecule has 178 valence electrons. The Morgan fingerprint density at radius 3 is 1.63 bits per heavy atom. The van der Waals surface area contributed by atoms with Crippen molar-refractivity contribution in [3.8, 4) is 45.7 Å². The lowest BCUT2D eigenvalue weighted by atomic mass is 10.0. The fourth-order valence-electron chi connectivity index (χ4n) is 3.89. The first-order valence-corrected chi connectivity index (χ1v) is 11.3. The molecule has 35 heavy (non-hydrogen) atoms. The second kappa shape index (κ2) is 9.54. The lowest BCUT2D eigenvalue weighted by molar-refractivity contribution is -0.144. The van der Waals surface area contributed by atoms with Crippen LogP contribution in [-0.4, -0.2) is 37.2 Å². The molecule has 0 aliphatic heterocycles. The second-order valence-electron chi connectivity index (χ2n) is 8.72. The molecule has 0 saturated heterocycles. The predicted molar refractivity (Wildman–Crippen MR) is 134 cm³/mol. The van der Waals surface area contributed by atoms with E-state index in [4.69, 9.17) is 24.8 Å². The summed E-state index contributed by atoms with van der Waals surface area (Å²) in [5.74, 6) is 0.329. The minimum absolute atomic E-state index is 0.121. The van der Waals surface area contributed by atoms with Crippen LogP contribution in [-0.2, 0) is 4.79 Å². The maximum atomic E-state index is 11.1. The topological polar surface area (TPSA) is 105 Å². The summed E-state index contributed by atoms with van der Waals surface area (Å²) in [7, 11) is 0. The highest BCUT2D eigenvalue weighted by atomic mass is 16.5. The molecule has 0 fully saturated rings. The number of benzene rings is 3. The number of rotatable bonds is 6. The number of phenolic OH excluding ortho intramolecular Hbond substituents is 1. The SMILES string of the molecule is Cc1ccc(-c2nc(-c3ccc(C)cc3C)nc(-c3ccc(OC(C)C(=O)O)cc3O)n2)c(C)c1. The highest BCUT2D eigenvalue weighted by Crippen LogP contribution is 2.34. The molecule has 4 rings (SSSR count). The van der Waals surface area contributed by atoms with Crippen LogP contribution in [0.5, 0.6) is 11.5 Å². The van der Waals surface area contributed by atoms with Crippen LogP contribution in [0.25, 0.3) is 34.2 Å². The van der Waals surface area contributed by atoms with E-state index < -0.39 is 12.1 Å². The van der Waals surface area contributed by atoms with Gasteiger partial charge < -0.3 is 14.9 Å². The van der Waals surface area contributed by atoms with Crippen molar-refractivity contribution >= 4 is 5.97 Å². The molecule has 7 nitrogen and oxygen atoms in total. The Labute approximate surface area is 204 Å². The molecule has 1 heterocycles. The zero-order chi connectivity index (χ0) is 25.3. The van der Waals surface area contributed by atoms with E-state index in [1.807, 2.05) is 52.0 Å². The number of nitrogens with zero attached hydrogens (tertiary/aromatic N) is 3. The summed E-state index contributed by atoms with van der Waals surface area (Å²) >= 11 is 0. The van der Waals surface area contributed by atoms with Crippen LogP contribution in [0.4, 0.5) is 0 Å². The zero-order valence-electron chi connectivity index (χ0n) is 20.3. The molecule has 1 atom stereocenters. The van der Waals surface area contributed by atoms with Crippen molar-refractivity contribution in [3.63, 3.8) is 0 Å². The summed E-state index contributed by atoms with van der Waals surface area (Å²) in [5.41, 5.74) is 6.48. The normalized spacial score (nSPS) is 11.8. The van der Waals surface area contributed by atoms with Gasteiger partial charge in [0, 0.05) is 17.2 Å². The Morgan fingerprint density at radius 2 is 1.20 bits per heavy atom. The Kier molecular flexibility index (Phi) is 6.51. The molecule has 0 aliphatic rings. The van der Waals surface area contributed by atoms with Crippen molar-refractivity contribution < 1.29 is 19.7 Å². The van der Waals surface area contributed by atoms with Crippen molar-refractivity contribution in [1.82, 2.24) is 15.0 Å². The van der Waals surface area contributed by atoms with Gasteiger partial charge in [0.05, 0.1) is 5.56 Å². The van der Waals surface area contributed by atoms with Crippen LogP contribution in [0.2, 0.25) is 0 Å². The van der Waals surface area contributed by atoms with Gasteiger partial charge in [-0.1, -0.05) is 47.5 Å². The van der Waals surface area contributed by atoms with Crippen molar-refractivity contribution in [2.45, 2.75) is 40.7 Å². The molecule has 3 aromatic carbocycles. The average Bonchev–Trinajstić information content (AvgIpc) is 2.78. The summed E-state index contributed by atoms with van der Waals surface area (Å²) in [6.07, 6.45) is -1.05. The number of hydrogen-bond acceptors (Lipinski definition) is 6. The maximum Gasteiger partial charge on any atom is 0.344 e. The van der Waals surface area contributed by atoms with Crippen molar-refractivity contribution in [2.75, 3.05) is 0 Å². The van der Waals surface area contributed by atoms with Crippen molar-refractivity contribution in [2.24, 2.45) is 0 Å². The molecule has 0 spiro atoms. The molecule has 0 aliphatic carbocycles. The summed E-state index contributed by atoms with van der Waals surface area (Å²) in [6.45, 7) is 9.50. The number of aliphatic carboxylic acids is 1. The van der Waals surface area contributed by atoms with Gasteiger partial charge in [0.1, 0.15) is 11.5 Å². The number of aromatic nitrogens is 3. The molecule has 1 unspecified atom stereocenters. The van der Waals surface area contributed by atoms with E-state index in [1.165, 1.54) is 13.0 Å². The smallest absolute Gasteiger partial charge is 0.344 e. The van der Waals surface area contributed by atoms with Gasteiger partial charge in [0.25, 0.3) is 0 Å². The largest absolute Gasteiger partial charge is 0.507 e. The summed E-state index contributed by atoms with van der Waals surface area (Å²) in [5, 5.41) is 19.9. The van der Waals surface area contributed by atoms with E-state index in [-0.39, 0.29) is 11.5 Å². The highest BCUT2D eigenvalue weighted by molar-refractivity contribution is 5.74. The molecule has 0 bridgehead atoms. The molecule has 0 amide bonds. The summed E-state index contributed by atoms with van der Waals surface area (Å²) < 4.78 is 5.37. The molecule has 4 aromatic rings. The summed E-state index contributed by atoms with van der Waals surface area (Å²) in [6, 6.07) is 16.7. The van der Waals surface area contributed by atoms with E-state index in [9.17, 15) is 9.90 Å². The van der Waals surface area contributed by atoms with Crippen molar-refractivity contribution in [3.05, 3.63) is 76.9 Å². The van der Waals surface area contributed by atoms with E-state index in [2.05, 4.69) is 12.1 Å². The number of aryl methyl sites for hydroxylation is 4. The number of phenols is 1. The third-order valence-electron chi connectivity index (χ3n) is 5.75. The Balaban J connectivity index is 1.87. The Bertz CT molecular complexity index is 1360. The van der Waals surface area contributed by atoms with E-state index in [0.29, 0.717) is 23.0 Å². The molecule has 0 saturated carbocycles. The van der Waals surface area contributed by atoms with E-state index >= 15 is 0 Å². The molecular weight excluding hydrogens is 442 g/mol. The number of carboxylic acid groups (broad SMARTS) is 1. The van der Waals surface area contributed by atoms with Crippen LogP contribution in [0.15, 0.2) is 54.6 Å². The monoisotopic (exact) mass is 469 g/mol. The van der Waals surface area contributed by atoms with Gasteiger partial charge in [0.15, 0.2) is 23.6 Å². The Morgan fingerprint density at radius 1 is 0.743 bits per heavy atom. The first-order valence-electron chi connectivity index (χ1n) is 11.3. The third-order valence-corrected chi connectivity index (χ3v) is 5.75. The van der Waals surface area contributed by atoms with Gasteiger partial charge in [-0.25, -0.2) is 19.7 Å². The van der Waals surface area contributed by atoms with Crippen molar-refractivity contribution in [1.29, 1.82) is 0 Å². The van der Waals surface area contributed by atoms with Gasteiger partial charge in [-0.2, -0.15) is 0 Å². The van der Waals surface area contributed by atoms with Gasteiger partial charge in [0.2, 0.25) is 0 Å². The molecule has 1 aromatic heterocycles. The average molecular weight is 470 g/mol. The molecular formula is C28H27N3O4. The minimum Gasteiger partial charge on any atom is -0.507 e. The first kappa shape index (κ1) is 23.9. The fourth-order valence-corrected chi connectivity index (χ4v) is 3.89. The first-order chi connectivity index (χ1) is 16.6. The number of ether oxygens (including phenoxy) is 1. The van der Waals surface area contributed by atoms with Crippen LogP contribution < -0.4 is 4.74 Å². The molecule has 2 N–H and O–H groups in total. The van der Waals surface area contributed by atoms with Crippen LogP contribution in [0.3, 0.4) is 0 Å². The van der Waals surface area contributed by atoms with Crippen LogP contribution in [0.1, 0.15) is 29.2 Å². The third kappa shape index (κ3) is 5.14. The predicted octanol–water partition coefficient (Wildman–Crippen LogP) is 5.66. The standard InChI is InChI=1S/C28H27N3O4/c1-15-6-9-21(17(3)12-15)25-29-26(22-10-7-16(2)13-18(22)4)31-27(30-25)23-11-8-20(14-24(23)32)35-19(5)28(33)34/h6-14,19,32H,1-5H3,(H,33,34). The molecule has 0 radical (unpaired) electrons. The second-order valence-corrected chi connectivity index (χ2v) is 8.72. The molecule has 7 heteroatoms. The van der Waals surface area contributed by atoms with Crippen LogP contribution in [0, 0.1) is 27.7 Å². The lowest BCUT2D eigenvalue weighted by Gasteiger charge is -2.14. The van der Waals surface area contributed by atoms with E-state index in [1.54, 1.807) is 12.1 Å². The zero-order valence-corrected chi connectivity index (χ0v) is 20.3. The number of aromatic hydroxyl groups is 1. The van der Waals surface area contributed by atoms with Gasteiger partial charge in [-0.15, -0.1) is 0 Å².